The fourth-order valence-electron chi connectivity index (χ4n) is 2.22. The third-order valence-electron chi connectivity index (χ3n) is 3.16. The number of nitrogens with zero attached hydrogens (tertiary/aromatic N) is 1. The van der Waals surface area contributed by atoms with Crippen LogP contribution in [0.2, 0.25) is 0 Å². The fourth-order valence-corrected chi connectivity index (χ4v) is 2.82. The molecule has 7 heteroatoms. The Morgan fingerprint density at radius 3 is 2.75 bits per heavy atom. The number of H-pyrrole nitrogens is 1. The molecule has 6 nitrogen and oxygen atoms in total. The molecule has 1 heterocycles. The maximum Gasteiger partial charge on any atom is 0.426 e. The number of para-hydroxylation sites is 1. The monoisotopic (exact) mass is 296 g/mol. The minimum atomic E-state index is -4.69. The van der Waals surface area contributed by atoms with Crippen molar-refractivity contribution in [2.24, 2.45) is 0 Å². The molecule has 1 aromatic heterocycles. The van der Waals surface area contributed by atoms with E-state index in [1.807, 2.05) is 24.3 Å². The van der Waals surface area contributed by atoms with Crippen molar-refractivity contribution in [2.45, 2.75) is 18.9 Å². The first kappa shape index (κ1) is 15.0. The molecule has 2 aromatic rings. The van der Waals surface area contributed by atoms with Gasteiger partial charge in [-0.05, 0) is 24.5 Å². The predicted molar refractivity (Wildman–Crippen MR) is 76.3 cm³/mol. The van der Waals surface area contributed by atoms with Gasteiger partial charge in [0.1, 0.15) is 0 Å². The summed E-state index contributed by atoms with van der Waals surface area (Å²) < 4.78 is 11.2. The number of hydrogen-bond acceptors (Lipinski definition) is 2. The van der Waals surface area contributed by atoms with Gasteiger partial charge in [0, 0.05) is 17.1 Å². The number of hydroxylamine groups is 1. The summed E-state index contributed by atoms with van der Waals surface area (Å²) in [5.74, 6) is 0. The second kappa shape index (κ2) is 5.91. The van der Waals surface area contributed by atoms with Gasteiger partial charge in [-0.2, -0.15) is 0 Å². The van der Waals surface area contributed by atoms with E-state index in [2.05, 4.69) is 11.6 Å². The zero-order chi connectivity index (χ0) is 14.8. The highest BCUT2D eigenvalue weighted by Gasteiger charge is 2.31. The topological polar surface area (TPSA) is 96.8 Å². The van der Waals surface area contributed by atoms with Gasteiger partial charge in [0.2, 0.25) is 0 Å². The first-order chi connectivity index (χ1) is 9.43. The minimum absolute atomic E-state index is 0.121. The molecule has 1 unspecified atom stereocenters. The van der Waals surface area contributed by atoms with Crippen molar-refractivity contribution in [1.82, 2.24) is 9.82 Å². The van der Waals surface area contributed by atoms with Gasteiger partial charge in [0.25, 0.3) is 0 Å². The highest BCUT2D eigenvalue weighted by atomic mass is 31.2. The van der Waals surface area contributed by atoms with Crippen LogP contribution >= 0.6 is 7.75 Å². The Bertz CT molecular complexity index is 649. The quantitative estimate of drug-likeness (QED) is 0.373. The van der Waals surface area contributed by atoms with E-state index in [0.717, 1.165) is 16.5 Å². The van der Waals surface area contributed by atoms with E-state index in [1.165, 1.54) is 6.08 Å². The molecule has 0 saturated heterocycles. The minimum Gasteiger partial charge on any atom is -0.361 e. The van der Waals surface area contributed by atoms with Crippen molar-refractivity contribution < 1.29 is 19.6 Å². The average Bonchev–Trinajstić information content (AvgIpc) is 2.80. The van der Waals surface area contributed by atoms with E-state index in [4.69, 9.17) is 9.79 Å². The molecule has 0 radical (unpaired) electrons. The Labute approximate surface area is 116 Å². The third-order valence-corrected chi connectivity index (χ3v) is 4.02. The zero-order valence-electron chi connectivity index (χ0n) is 10.8. The van der Waals surface area contributed by atoms with Gasteiger partial charge in [0.05, 0.1) is 6.04 Å². The van der Waals surface area contributed by atoms with Crippen LogP contribution in [0.25, 0.3) is 10.9 Å². The Kier molecular flexibility index (Phi) is 4.42. The molecule has 0 aliphatic heterocycles. The standard InChI is InChI=1S/C13H17N2O4P/c1-2-5-11(15(16)20(17,18)19)8-10-9-14-13-7-4-3-6-12(10)13/h2-4,6-7,9,11,14,16H,1,5,8H2,(H2,17,18,19). The summed E-state index contributed by atoms with van der Waals surface area (Å²) in [7, 11) is -4.69. The summed E-state index contributed by atoms with van der Waals surface area (Å²) >= 11 is 0. The van der Waals surface area contributed by atoms with Crippen LogP contribution in [0.4, 0.5) is 0 Å². The largest absolute Gasteiger partial charge is 0.426 e. The summed E-state index contributed by atoms with van der Waals surface area (Å²) in [6.45, 7) is 3.56. The van der Waals surface area contributed by atoms with Crippen LogP contribution < -0.4 is 0 Å². The van der Waals surface area contributed by atoms with Gasteiger partial charge in [0.15, 0.2) is 0 Å². The summed E-state index contributed by atoms with van der Waals surface area (Å²) in [4.78, 5) is 21.4. The second-order valence-electron chi connectivity index (χ2n) is 4.58. The van der Waals surface area contributed by atoms with E-state index in [-0.39, 0.29) is 11.3 Å². The smallest absolute Gasteiger partial charge is 0.361 e. The van der Waals surface area contributed by atoms with Crippen LogP contribution in [0.5, 0.6) is 0 Å². The molecule has 4 N–H and O–H groups in total. The van der Waals surface area contributed by atoms with Crippen LogP contribution in [-0.4, -0.2) is 30.9 Å². The highest BCUT2D eigenvalue weighted by Crippen LogP contribution is 2.41. The van der Waals surface area contributed by atoms with E-state index in [1.54, 1.807) is 6.20 Å². The maximum atomic E-state index is 11.2. The number of aromatic amines is 1. The summed E-state index contributed by atoms with van der Waals surface area (Å²) in [5, 5.41) is 10.6. The van der Waals surface area contributed by atoms with Gasteiger partial charge in [-0.15, -0.1) is 6.58 Å². The predicted octanol–water partition coefficient (Wildman–Crippen LogP) is 2.44. The van der Waals surface area contributed by atoms with Crippen LogP contribution in [-0.2, 0) is 11.0 Å². The SMILES string of the molecule is C=CCC(Cc1c[nH]c2ccccc12)N(O)P(=O)(O)O. The molecule has 20 heavy (non-hydrogen) atoms. The van der Waals surface area contributed by atoms with Crippen molar-refractivity contribution in [2.75, 3.05) is 0 Å². The summed E-state index contributed by atoms with van der Waals surface area (Å²) in [5.41, 5.74) is 1.83. The first-order valence-corrected chi connectivity index (χ1v) is 7.70. The molecular weight excluding hydrogens is 279 g/mol. The molecule has 1 aromatic carbocycles. The molecule has 0 saturated carbocycles. The van der Waals surface area contributed by atoms with Crippen LogP contribution in [0, 0.1) is 0 Å². The number of nitrogens with one attached hydrogen (secondary N) is 1. The summed E-state index contributed by atoms with van der Waals surface area (Å²) in [6, 6.07) is 6.90. The van der Waals surface area contributed by atoms with E-state index >= 15 is 0 Å². The van der Waals surface area contributed by atoms with Crippen molar-refractivity contribution in [3.8, 4) is 0 Å². The number of fused-ring (bicyclic) bond motifs is 1. The van der Waals surface area contributed by atoms with E-state index in [9.17, 15) is 9.77 Å². The summed E-state index contributed by atoms with van der Waals surface area (Å²) in [6.07, 6.45) is 3.88. The van der Waals surface area contributed by atoms with E-state index in [0.29, 0.717) is 6.42 Å². The normalized spacial score (nSPS) is 13.8. The van der Waals surface area contributed by atoms with Crippen LogP contribution in [0.1, 0.15) is 12.0 Å². The van der Waals surface area contributed by atoms with Gasteiger partial charge >= 0.3 is 7.75 Å². The van der Waals surface area contributed by atoms with Gasteiger partial charge in [-0.3, -0.25) is 0 Å². The zero-order valence-corrected chi connectivity index (χ0v) is 11.7. The fraction of sp³-hybridized carbons (Fsp3) is 0.231. The van der Waals surface area contributed by atoms with Crippen molar-refractivity contribution in [3.05, 3.63) is 48.7 Å². The number of hydrogen-bond donors (Lipinski definition) is 4. The van der Waals surface area contributed by atoms with Gasteiger partial charge in [-0.25, -0.2) is 4.57 Å². The molecule has 2 rings (SSSR count). The molecule has 0 aliphatic rings. The highest BCUT2D eigenvalue weighted by molar-refractivity contribution is 7.48. The number of benzene rings is 1. The lowest BCUT2D eigenvalue weighted by Crippen LogP contribution is -2.31. The molecule has 0 bridgehead atoms. The Morgan fingerprint density at radius 1 is 1.40 bits per heavy atom. The molecule has 1 atom stereocenters. The van der Waals surface area contributed by atoms with Crippen LogP contribution in [0.3, 0.4) is 0 Å². The second-order valence-corrected chi connectivity index (χ2v) is 6.01. The third kappa shape index (κ3) is 3.17. The van der Waals surface area contributed by atoms with Crippen molar-refractivity contribution in [1.29, 1.82) is 0 Å². The maximum absolute atomic E-state index is 11.2. The molecule has 0 spiro atoms. The molecule has 0 aliphatic carbocycles. The Balaban J connectivity index is 2.28. The van der Waals surface area contributed by atoms with Gasteiger partial charge < -0.3 is 20.0 Å². The average molecular weight is 296 g/mol. The number of aromatic nitrogens is 1. The first-order valence-electron chi connectivity index (χ1n) is 6.13. The molecule has 108 valence electrons. The lowest BCUT2D eigenvalue weighted by atomic mass is 10.0. The molecule has 0 amide bonds. The Morgan fingerprint density at radius 2 is 2.10 bits per heavy atom. The molecular formula is C13H17N2O4P. The van der Waals surface area contributed by atoms with Gasteiger partial charge in [-0.1, -0.05) is 29.1 Å². The molecule has 0 fully saturated rings. The lowest BCUT2D eigenvalue weighted by Gasteiger charge is -2.25. The number of rotatable bonds is 6. The van der Waals surface area contributed by atoms with Crippen LogP contribution in [0.15, 0.2) is 43.1 Å². The Hall–Kier alpha value is -1.43. The van der Waals surface area contributed by atoms with E-state index < -0.39 is 13.8 Å². The van der Waals surface area contributed by atoms with Crippen molar-refractivity contribution >= 4 is 18.6 Å². The lowest BCUT2D eigenvalue weighted by molar-refractivity contribution is -0.0610. The van der Waals surface area contributed by atoms with Crippen molar-refractivity contribution in [3.63, 3.8) is 0 Å².